The van der Waals surface area contributed by atoms with E-state index in [0.717, 1.165) is 30.7 Å². The van der Waals surface area contributed by atoms with Crippen molar-refractivity contribution in [1.82, 2.24) is 0 Å². The van der Waals surface area contributed by atoms with Gasteiger partial charge in [0.2, 0.25) is 0 Å². The second-order valence-corrected chi connectivity index (χ2v) is 5.37. The Morgan fingerprint density at radius 1 is 1.25 bits per heavy atom. The summed E-state index contributed by atoms with van der Waals surface area (Å²) >= 11 is 1.71. The van der Waals surface area contributed by atoms with E-state index in [9.17, 15) is 13.9 Å². The molecule has 0 aromatic heterocycles. The quantitative estimate of drug-likeness (QED) is 0.861. The molecule has 1 heterocycles. The van der Waals surface area contributed by atoms with Crippen molar-refractivity contribution in [2.45, 2.75) is 30.6 Å². The van der Waals surface area contributed by atoms with E-state index < -0.39 is 17.7 Å². The first kappa shape index (κ1) is 11.9. The number of thioether (sulfide) groups is 1. The van der Waals surface area contributed by atoms with Gasteiger partial charge in [-0.15, -0.1) is 0 Å². The topological polar surface area (TPSA) is 20.2 Å². The average molecular weight is 244 g/mol. The highest BCUT2D eigenvalue weighted by atomic mass is 32.2. The van der Waals surface area contributed by atoms with Crippen LogP contribution in [0.3, 0.4) is 0 Å². The zero-order chi connectivity index (χ0) is 11.5. The Labute approximate surface area is 97.9 Å². The smallest absolute Gasteiger partial charge is 0.159 e. The summed E-state index contributed by atoms with van der Waals surface area (Å²) < 4.78 is 25.8. The molecule has 1 aromatic carbocycles. The molecule has 0 saturated carbocycles. The molecule has 1 aliphatic rings. The van der Waals surface area contributed by atoms with Gasteiger partial charge in [-0.2, -0.15) is 11.8 Å². The Kier molecular flexibility index (Phi) is 3.82. The van der Waals surface area contributed by atoms with Gasteiger partial charge < -0.3 is 5.11 Å². The van der Waals surface area contributed by atoms with Crippen LogP contribution in [0.25, 0.3) is 0 Å². The Hall–Kier alpha value is -0.610. The highest BCUT2D eigenvalue weighted by Gasteiger charge is 2.24. The van der Waals surface area contributed by atoms with Crippen molar-refractivity contribution in [2.75, 3.05) is 5.75 Å². The van der Waals surface area contributed by atoms with Crippen LogP contribution in [0.15, 0.2) is 18.2 Å². The van der Waals surface area contributed by atoms with E-state index in [1.165, 1.54) is 12.5 Å². The van der Waals surface area contributed by atoms with Crippen LogP contribution in [0.1, 0.15) is 30.9 Å². The third kappa shape index (κ3) is 2.55. The van der Waals surface area contributed by atoms with Crippen LogP contribution in [0.5, 0.6) is 0 Å². The number of aliphatic hydroxyl groups excluding tert-OH is 1. The van der Waals surface area contributed by atoms with Crippen LogP contribution in [0.2, 0.25) is 0 Å². The van der Waals surface area contributed by atoms with Gasteiger partial charge in [0.25, 0.3) is 0 Å². The Balaban J connectivity index is 2.12. The molecule has 1 nitrogen and oxygen atoms in total. The standard InChI is InChI=1S/C12H14F2OS/c13-9-5-4-8(7-10(9)14)12(15)11-3-1-2-6-16-11/h4-5,7,11-12,15H,1-3,6H2. The maximum atomic E-state index is 13.0. The van der Waals surface area contributed by atoms with Gasteiger partial charge in [0.15, 0.2) is 11.6 Å². The summed E-state index contributed by atoms with van der Waals surface area (Å²) in [5.74, 6) is -0.726. The summed E-state index contributed by atoms with van der Waals surface area (Å²) in [5.41, 5.74) is 0.471. The number of benzene rings is 1. The molecule has 4 heteroatoms. The molecule has 0 bridgehead atoms. The average Bonchev–Trinajstić information content (AvgIpc) is 2.33. The SMILES string of the molecule is OC(c1ccc(F)c(F)c1)C1CCCCS1. The first-order valence-electron chi connectivity index (χ1n) is 5.43. The lowest BCUT2D eigenvalue weighted by Gasteiger charge is -2.26. The molecule has 2 unspecified atom stereocenters. The Morgan fingerprint density at radius 3 is 2.69 bits per heavy atom. The van der Waals surface area contributed by atoms with Crippen LogP contribution in [-0.4, -0.2) is 16.1 Å². The van der Waals surface area contributed by atoms with Gasteiger partial charge in [0.1, 0.15) is 0 Å². The van der Waals surface area contributed by atoms with Gasteiger partial charge in [0, 0.05) is 5.25 Å². The summed E-state index contributed by atoms with van der Waals surface area (Å²) in [6, 6.07) is 3.62. The third-order valence-corrected chi connectivity index (χ3v) is 4.30. The highest BCUT2D eigenvalue weighted by molar-refractivity contribution is 7.99. The maximum absolute atomic E-state index is 13.0. The fourth-order valence-corrected chi connectivity index (χ4v) is 3.27. The number of hydrogen-bond donors (Lipinski definition) is 1. The van der Waals surface area contributed by atoms with E-state index in [2.05, 4.69) is 0 Å². The molecule has 16 heavy (non-hydrogen) atoms. The van der Waals surface area contributed by atoms with Crippen molar-refractivity contribution >= 4 is 11.8 Å². The van der Waals surface area contributed by atoms with Gasteiger partial charge in [-0.1, -0.05) is 12.5 Å². The zero-order valence-electron chi connectivity index (χ0n) is 8.83. The molecule has 0 aliphatic carbocycles. The van der Waals surface area contributed by atoms with Crippen LogP contribution in [-0.2, 0) is 0 Å². The predicted molar refractivity (Wildman–Crippen MR) is 61.4 cm³/mol. The molecule has 2 rings (SSSR count). The highest BCUT2D eigenvalue weighted by Crippen LogP contribution is 2.34. The second-order valence-electron chi connectivity index (χ2n) is 4.02. The molecule has 1 aromatic rings. The van der Waals surface area contributed by atoms with E-state index in [0.29, 0.717) is 5.56 Å². The number of rotatable bonds is 2. The van der Waals surface area contributed by atoms with Gasteiger partial charge in [-0.3, -0.25) is 0 Å². The fourth-order valence-electron chi connectivity index (χ4n) is 1.93. The van der Waals surface area contributed by atoms with Gasteiger partial charge >= 0.3 is 0 Å². The lowest BCUT2D eigenvalue weighted by atomic mass is 10.0. The van der Waals surface area contributed by atoms with Gasteiger partial charge in [-0.25, -0.2) is 8.78 Å². The van der Waals surface area contributed by atoms with E-state index in [1.807, 2.05) is 0 Å². The Morgan fingerprint density at radius 2 is 2.06 bits per heavy atom. The number of hydrogen-bond acceptors (Lipinski definition) is 2. The maximum Gasteiger partial charge on any atom is 0.159 e. The number of aliphatic hydroxyl groups is 1. The minimum Gasteiger partial charge on any atom is -0.387 e. The number of halogens is 2. The summed E-state index contributed by atoms with van der Waals surface area (Å²) in [6.45, 7) is 0. The molecule has 2 atom stereocenters. The van der Waals surface area contributed by atoms with E-state index in [-0.39, 0.29) is 5.25 Å². The molecule has 88 valence electrons. The molecule has 1 N–H and O–H groups in total. The largest absolute Gasteiger partial charge is 0.387 e. The van der Waals surface area contributed by atoms with Crippen LogP contribution in [0, 0.1) is 11.6 Å². The van der Waals surface area contributed by atoms with Crippen molar-refractivity contribution in [3.63, 3.8) is 0 Å². The molecule has 0 spiro atoms. The van der Waals surface area contributed by atoms with Crippen molar-refractivity contribution in [1.29, 1.82) is 0 Å². The molecule has 1 saturated heterocycles. The molecular formula is C12H14F2OS. The van der Waals surface area contributed by atoms with Gasteiger partial charge in [-0.05, 0) is 36.3 Å². The minimum atomic E-state index is -0.891. The summed E-state index contributed by atoms with van der Waals surface area (Å²) in [4.78, 5) is 0. The van der Waals surface area contributed by atoms with Crippen LogP contribution < -0.4 is 0 Å². The van der Waals surface area contributed by atoms with Crippen molar-refractivity contribution in [2.24, 2.45) is 0 Å². The second kappa shape index (κ2) is 5.15. The molecule has 1 aliphatic heterocycles. The summed E-state index contributed by atoms with van der Waals surface area (Å²) in [7, 11) is 0. The molecule has 0 amide bonds. The third-order valence-electron chi connectivity index (χ3n) is 2.85. The normalized spacial score (nSPS) is 23.1. The van der Waals surface area contributed by atoms with Crippen molar-refractivity contribution < 1.29 is 13.9 Å². The first-order chi connectivity index (χ1) is 7.68. The predicted octanol–water partition coefficient (Wildman–Crippen LogP) is 3.28. The van der Waals surface area contributed by atoms with E-state index in [1.54, 1.807) is 11.8 Å². The molecule has 0 radical (unpaired) electrons. The Bertz CT molecular complexity index is 364. The van der Waals surface area contributed by atoms with E-state index in [4.69, 9.17) is 0 Å². The van der Waals surface area contributed by atoms with Crippen molar-refractivity contribution in [3.05, 3.63) is 35.4 Å². The van der Waals surface area contributed by atoms with Gasteiger partial charge in [0.05, 0.1) is 6.10 Å². The summed E-state index contributed by atoms with van der Waals surface area (Å²) in [5, 5.41) is 10.2. The van der Waals surface area contributed by atoms with Crippen LogP contribution in [0.4, 0.5) is 8.78 Å². The first-order valence-corrected chi connectivity index (χ1v) is 6.48. The minimum absolute atomic E-state index is 0.110. The molecular weight excluding hydrogens is 230 g/mol. The molecule has 1 fully saturated rings. The zero-order valence-corrected chi connectivity index (χ0v) is 9.64. The summed E-state index contributed by atoms with van der Waals surface area (Å²) in [6.07, 6.45) is 2.51. The lowest BCUT2D eigenvalue weighted by molar-refractivity contribution is 0.168. The van der Waals surface area contributed by atoms with E-state index >= 15 is 0 Å². The fraction of sp³-hybridized carbons (Fsp3) is 0.500. The lowest BCUT2D eigenvalue weighted by Crippen LogP contribution is -2.19. The van der Waals surface area contributed by atoms with Crippen LogP contribution >= 0.6 is 11.8 Å². The van der Waals surface area contributed by atoms with Crippen molar-refractivity contribution in [3.8, 4) is 0 Å². The monoisotopic (exact) mass is 244 g/mol.